The number of alkyl carbamates (subject to hydrolysis) is 1. The number of fused-ring (bicyclic) bond motifs is 1. The van der Waals surface area contributed by atoms with E-state index in [9.17, 15) is 22.8 Å². The second-order valence-corrected chi connectivity index (χ2v) is 7.08. The Labute approximate surface area is 172 Å². The molecule has 160 valence electrons. The van der Waals surface area contributed by atoms with Crippen molar-refractivity contribution in [1.29, 1.82) is 0 Å². The number of hydrogen-bond donors (Lipinski definition) is 1. The van der Waals surface area contributed by atoms with Crippen molar-refractivity contribution in [2.75, 3.05) is 18.0 Å². The average Bonchev–Trinajstić information content (AvgIpc) is 2.74. The van der Waals surface area contributed by atoms with Gasteiger partial charge in [-0.1, -0.05) is 30.3 Å². The molecule has 0 unspecified atom stereocenters. The van der Waals surface area contributed by atoms with Gasteiger partial charge in [0, 0.05) is 25.2 Å². The van der Waals surface area contributed by atoms with Crippen molar-refractivity contribution < 1.29 is 27.5 Å². The van der Waals surface area contributed by atoms with E-state index < -0.39 is 17.8 Å². The number of anilines is 1. The molecule has 0 saturated carbocycles. The van der Waals surface area contributed by atoms with Crippen LogP contribution in [-0.2, 0) is 28.7 Å². The number of hydrogen-bond acceptors (Lipinski definition) is 3. The lowest BCUT2D eigenvalue weighted by Crippen LogP contribution is -2.36. The van der Waals surface area contributed by atoms with Gasteiger partial charge in [-0.2, -0.15) is 13.2 Å². The smallest absolute Gasteiger partial charge is 0.416 e. The predicted octanol–water partition coefficient (Wildman–Crippen LogP) is 4.69. The topological polar surface area (TPSA) is 58.6 Å². The van der Waals surface area contributed by atoms with E-state index in [0.717, 1.165) is 17.7 Å². The number of rotatable bonds is 6. The Bertz CT molecular complexity index is 885. The van der Waals surface area contributed by atoms with Gasteiger partial charge in [-0.05, 0) is 48.6 Å². The average molecular weight is 420 g/mol. The van der Waals surface area contributed by atoms with E-state index in [0.29, 0.717) is 37.1 Å². The molecule has 0 aliphatic carbocycles. The van der Waals surface area contributed by atoms with Gasteiger partial charge in [-0.15, -0.1) is 0 Å². The lowest BCUT2D eigenvalue weighted by atomic mass is 9.98. The van der Waals surface area contributed by atoms with Crippen LogP contribution in [0.15, 0.2) is 48.5 Å². The van der Waals surface area contributed by atoms with Crippen LogP contribution in [0.4, 0.5) is 23.7 Å². The molecular formula is C22H23F3N2O3. The fourth-order valence-corrected chi connectivity index (χ4v) is 3.37. The van der Waals surface area contributed by atoms with Gasteiger partial charge in [0.1, 0.15) is 6.61 Å². The normalized spacial score (nSPS) is 13.5. The third-order valence-electron chi connectivity index (χ3n) is 4.88. The molecule has 0 fully saturated rings. The third kappa shape index (κ3) is 5.75. The monoisotopic (exact) mass is 420 g/mol. The van der Waals surface area contributed by atoms with E-state index in [1.54, 1.807) is 0 Å². The van der Waals surface area contributed by atoms with Crippen LogP contribution in [-0.4, -0.2) is 25.1 Å². The SMILES string of the molecule is O=C(NCCCC(=O)N1CCCc2cc(C(F)(F)F)ccc21)OCc1ccccc1. The van der Waals surface area contributed by atoms with Gasteiger partial charge in [0.05, 0.1) is 5.56 Å². The van der Waals surface area contributed by atoms with Crippen LogP contribution in [0.1, 0.15) is 36.0 Å². The molecule has 0 radical (unpaired) electrons. The maximum Gasteiger partial charge on any atom is 0.416 e. The van der Waals surface area contributed by atoms with Crippen LogP contribution in [0.5, 0.6) is 0 Å². The fourth-order valence-electron chi connectivity index (χ4n) is 3.37. The summed E-state index contributed by atoms with van der Waals surface area (Å²) in [5, 5.41) is 2.60. The van der Waals surface area contributed by atoms with Gasteiger partial charge in [0.25, 0.3) is 0 Å². The number of nitrogens with zero attached hydrogens (tertiary/aromatic N) is 1. The van der Waals surface area contributed by atoms with E-state index in [1.165, 1.54) is 11.0 Å². The number of ether oxygens (including phenoxy) is 1. The largest absolute Gasteiger partial charge is 0.445 e. The van der Waals surface area contributed by atoms with Gasteiger partial charge in [0.15, 0.2) is 0 Å². The molecule has 1 heterocycles. The first kappa shape index (κ1) is 21.7. The molecule has 0 atom stereocenters. The van der Waals surface area contributed by atoms with Gasteiger partial charge >= 0.3 is 12.3 Å². The number of amides is 2. The second-order valence-electron chi connectivity index (χ2n) is 7.08. The Balaban J connectivity index is 1.45. The van der Waals surface area contributed by atoms with E-state index in [2.05, 4.69) is 5.32 Å². The summed E-state index contributed by atoms with van der Waals surface area (Å²) in [5.41, 5.74) is 1.25. The maximum absolute atomic E-state index is 12.9. The Morgan fingerprint density at radius 3 is 2.60 bits per heavy atom. The molecule has 0 spiro atoms. The highest BCUT2D eigenvalue weighted by Gasteiger charge is 2.32. The van der Waals surface area contributed by atoms with Gasteiger partial charge in [-0.25, -0.2) is 4.79 Å². The van der Waals surface area contributed by atoms with E-state index >= 15 is 0 Å². The summed E-state index contributed by atoms with van der Waals surface area (Å²) in [6, 6.07) is 12.8. The summed E-state index contributed by atoms with van der Waals surface area (Å²) >= 11 is 0. The molecule has 30 heavy (non-hydrogen) atoms. The van der Waals surface area contributed by atoms with Gasteiger partial charge in [0.2, 0.25) is 5.91 Å². The lowest BCUT2D eigenvalue weighted by molar-refractivity contribution is -0.137. The first-order chi connectivity index (χ1) is 14.3. The lowest BCUT2D eigenvalue weighted by Gasteiger charge is -2.30. The number of halogens is 3. The van der Waals surface area contributed by atoms with E-state index in [4.69, 9.17) is 4.74 Å². The Kier molecular flexibility index (Phi) is 6.97. The standard InChI is InChI=1S/C22H23F3N2O3/c23-22(24,25)18-10-11-19-17(14-18)8-5-13-27(19)20(28)9-4-12-26-21(29)30-15-16-6-2-1-3-7-16/h1-3,6-7,10-11,14H,4-5,8-9,12-13,15H2,(H,26,29). The number of nitrogens with one attached hydrogen (secondary N) is 1. The molecule has 0 saturated heterocycles. The molecule has 2 amide bonds. The molecule has 1 N–H and O–H groups in total. The van der Waals surface area contributed by atoms with E-state index in [1.807, 2.05) is 30.3 Å². The zero-order valence-corrected chi connectivity index (χ0v) is 16.4. The van der Waals surface area contributed by atoms with Crippen LogP contribution in [0.2, 0.25) is 0 Å². The highest BCUT2D eigenvalue weighted by molar-refractivity contribution is 5.94. The van der Waals surface area contributed by atoms with Crippen molar-refractivity contribution in [2.24, 2.45) is 0 Å². The zero-order valence-electron chi connectivity index (χ0n) is 16.4. The van der Waals surface area contributed by atoms with Gasteiger partial charge < -0.3 is 15.0 Å². The Morgan fingerprint density at radius 1 is 1.10 bits per heavy atom. The molecule has 1 aliphatic rings. The van der Waals surface area contributed by atoms with Crippen molar-refractivity contribution in [2.45, 2.75) is 38.5 Å². The number of carbonyl (C=O) groups is 2. The van der Waals surface area contributed by atoms with Crippen LogP contribution >= 0.6 is 0 Å². The predicted molar refractivity (Wildman–Crippen MR) is 106 cm³/mol. The first-order valence-electron chi connectivity index (χ1n) is 9.79. The molecule has 0 bridgehead atoms. The molecule has 1 aliphatic heterocycles. The van der Waals surface area contributed by atoms with E-state index in [-0.39, 0.29) is 25.5 Å². The highest BCUT2D eigenvalue weighted by atomic mass is 19.4. The molecule has 5 nitrogen and oxygen atoms in total. The van der Waals surface area contributed by atoms with Crippen LogP contribution in [0.25, 0.3) is 0 Å². The number of benzene rings is 2. The summed E-state index contributed by atoms with van der Waals surface area (Å²) in [6.07, 6.45) is -3.25. The molecule has 2 aromatic carbocycles. The summed E-state index contributed by atoms with van der Waals surface area (Å²) in [4.78, 5) is 25.8. The van der Waals surface area contributed by atoms with Crippen molar-refractivity contribution in [3.8, 4) is 0 Å². The van der Waals surface area contributed by atoms with Crippen molar-refractivity contribution in [3.05, 3.63) is 65.2 Å². The number of carbonyl (C=O) groups excluding carboxylic acids is 2. The van der Waals surface area contributed by atoms with Crippen LogP contribution in [0.3, 0.4) is 0 Å². The number of aryl methyl sites for hydroxylation is 1. The first-order valence-corrected chi connectivity index (χ1v) is 9.79. The molecule has 3 rings (SSSR count). The minimum Gasteiger partial charge on any atom is -0.445 e. The van der Waals surface area contributed by atoms with Crippen LogP contribution < -0.4 is 10.2 Å². The van der Waals surface area contributed by atoms with Crippen molar-refractivity contribution in [3.63, 3.8) is 0 Å². The summed E-state index contributed by atoms with van der Waals surface area (Å²) < 4.78 is 43.8. The minimum absolute atomic E-state index is 0.163. The Morgan fingerprint density at radius 2 is 1.87 bits per heavy atom. The van der Waals surface area contributed by atoms with Crippen molar-refractivity contribution in [1.82, 2.24) is 5.32 Å². The molecule has 2 aromatic rings. The molecular weight excluding hydrogens is 397 g/mol. The minimum atomic E-state index is -4.40. The molecule has 0 aromatic heterocycles. The maximum atomic E-state index is 12.9. The summed E-state index contributed by atoms with van der Waals surface area (Å²) in [6.45, 7) is 0.910. The second kappa shape index (κ2) is 9.65. The fraction of sp³-hybridized carbons (Fsp3) is 0.364. The summed E-state index contributed by atoms with van der Waals surface area (Å²) in [5.74, 6) is -0.171. The van der Waals surface area contributed by atoms with Gasteiger partial charge in [-0.3, -0.25) is 4.79 Å². The zero-order chi connectivity index (χ0) is 21.6. The quantitative estimate of drug-likeness (QED) is 0.690. The van der Waals surface area contributed by atoms with Crippen LogP contribution in [0, 0.1) is 0 Å². The Hall–Kier alpha value is -3.03. The summed E-state index contributed by atoms with van der Waals surface area (Å²) in [7, 11) is 0. The number of alkyl halides is 3. The third-order valence-corrected chi connectivity index (χ3v) is 4.88. The van der Waals surface area contributed by atoms with Crippen molar-refractivity contribution >= 4 is 17.7 Å². The highest BCUT2D eigenvalue weighted by Crippen LogP contribution is 2.35. The molecule has 8 heteroatoms.